The maximum atomic E-state index is 14.3. The van der Waals surface area contributed by atoms with E-state index in [9.17, 15) is 4.39 Å². The third kappa shape index (κ3) is 2.30. The van der Waals surface area contributed by atoms with Crippen LogP contribution in [0, 0.1) is 5.82 Å². The molecule has 3 heterocycles. The van der Waals surface area contributed by atoms with E-state index in [2.05, 4.69) is 9.97 Å². The first-order valence-corrected chi connectivity index (χ1v) is 6.76. The lowest BCUT2D eigenvalue weighted by Gasteiger charge is -2.39. The zero-order chi connectivity index (χ0) is 13.3. The van der Waals surface area contributed by atoms with Crippen molar-refractivity contribution in [2.75, 3.05) is 31.2 Å². The Bertz CT molecular complexity index is 463. The van der Waals surface area contributed by atoms with E-state index in [1.54, 1.807) is 0 Å². The number of rotatable bonds is 2. The Balaban J connectivity index is 1.85. The third-order valence-corrected chi connectivity index (χ3v) is 3.71. The average Bonchev–Trinajstić information content (AvgIpc) is 2.87. The van der Waals surface area contributed by atoms with E-state index in [1.165, 1.54) is 6.33 Å². The molecule has 2 fully saturated rings. The topological polar surface area (TPSA) is 47.5 Å². The van der Waals surface area contributed by atoms with Crippen molar-refractivity contribution in [3.05, 3.63) is 17.8 Å². The summed E-state index contributed by atoms with van der Waals surface area (Å²) in [6.07, 6.45) is 3.75. The zero-order valence-corrected chi connectivity index (χ0v) is 11.1. The fourth-order valence-corrected chi connectivity index (χ4v) is 2.76. The zero-order valence-electron chi connectivity index (χ0n) is 11.1. The molecule has 19 heavy (non-hydrogen) atoms. The first-order valence-electron chi connectivity index (χ1n) is 6.76. The predicted molar refractivity (Wildman–Crippen MR) is 67.5 cm³/mol. The average molecular weight is 267 g/mol. The van der Waals surface area contributed by atoms with Gasteiger partial charge in [0.25, 0.3) is 0 Å². The Labute approximate surface area is 111 Å². The predicted octanol–water partition coefficient (Wildman–Crippen LogP) is 1.52. The van der Waals surface area contributed by atoms with Gasteiger partial charge in [0.15, 0.2) is 17.4 Å². The maximum Gasteiger partial charge on any atom is 0.187 e. The van der Waals surface area contributed by atoms with E-state index < -0.39 is 5.79 Å². The van der Waals surface area contributed by atoms with E-state index in [0.29, 0.717) is 37.7 Å². The van der Waals surface area contributed by atoms with Gasteiger partial charge in [-0.25, -0.2) is 14.4 Å². The molecule has 0 saturated carbocycles. The first kappa shape index (κ1) is 12.7. The number of ether oxygens (including phenoxy) is 2. The second kappa shape index (κ2) is 5.02. The number of nitrogens with zero attached hydrogens (tertiary/aromatic N) is 3. The lowest BCUT2D eigenvalue weighted by atomic mass is 10.0. The van der Waals surface area contributed by atoms with E-state index >= 15 is 0 Å². The maximum absolute atomic E-state index is 14.3. The van der Waals surface area contributed by atoms with Gasteiger partial charge in [-0.3, -0.25) is 0 Å². The third-order valence-electron chi connectivity index (χ3n) is 3.71. The van der Waals surface area contributed by atoms with E-state index in [4.69, 9.17) is 9.47 Å². The minimum atomic E-state index is -0.567. The lowest BCUT2D eigenvalue weighted by molar-refractivity contribution is -0.161. The smallest absolute Gasteiger partial charge is 0.187 e. The lowest BCUT2D eigenvalue weighted by Crippen LogP contribution is -2.49. The van der Waals surface area contributed by atoms with Gasteiger partial charge in [0.2, 0.25) is 0 Å². The fraction of sp³-hybridized carbons (Fsp3) is 0.692. The molecule has 3 rings (SSSR count). The second-order valence-electron chi connectivity index (χ2n) is 4.94. The van der Waals surface area contributed by atoms with Crippen molar-refractivity contribution in [2.24, 2.45) is 0 Å². The van der Waals surface area contributed by atoms with E-state index in [0.717, 1.165) is 19.4 Å². The van der Waals surface area contributed by atoms with Crippen molar-refractivity contribution < 1.29 is 13.9 Å². The van der Waals surface area contributed by atoms with Crippen molar-refractivity contribution in [1.82, 2.24) is 9.97 Å². The van der Waals surface area contributed by atoms with Crippen LogP contribution in [0.25, 0.3) is 0 Å². The van der Waals surface area contributed by atoms with Crippen LogP contribution in [-0.2, 0) is 15.9 Å². The summed E-state index contributed by atoms with van der Waals surface area (Å²) >= 11 is 0. The molecule has 0 radical (unpaired) electrons. The number of aromatic nitrogens is 2. The summed E-state index contributed by atoms with van der Waals surface area (Å²) in [5.41, 5.74) is 0.456. The normalized spacial score (nSPS) is 22.1. The molecule has 104 valence electrons. The number of anilines is 1. The molecule has 1 aromatic heterocycles. The summed E-state index contributed by atoms with van der Waals surface area (Å²) in [6, 6.07) is 0. The Morgan fingerprint density at radius 1 is 1.37 bits per heavy atom. The highest BCUT2D eigenvalue weighted by Crippen LogP contribution is 2.32. The molecule has 0 amide bonds. The summed E-state index contributed by atoms with van der Waals surface area (Å²) in [7, 11) is 0. The first-order chi connectivity index (χ1) is 9.24. The molecule has 0 bridgehead atoms. The molecule has 1 spiro atoms. The van der Waals surface area contributed by atoms with Gasteiger partial charge < -0.3 is 14.4 Å². The molecule has 2 aliphatic heterocycles. The van der Waals surface area contributed by atoms with Crippen molar-refractivity contribution >= 4 is 5.82 Å². The number of hydrogen-bond acceptors (Lipinski definition) is 5. The molecule has 0 unspecified atom stereocenters. The molecule has 2 aliphatic rings. The van der Waals surface area contributed by atoms with Gasteiger partial charge in [0, 0.05) is 13.0 Å². The van der Waals surface area contributed by atoms with Crippen molar-refractivity contribution in [3.63, 3.8) is 0 Å². The van der Waals surface area contributed by atoms with Crippen molar-refractivity contribution in [2.45, 2.75) is 32.0 Å². The van der Waals surface area contributed by atoms with Crippen LogP contribution in [0.1, 0.15) is 25.5 Å². The molecule has 6 heteroatoms. The highest BCUT2D eigenvalue weighted by atomic mass is 19.1. The highest BCUT2D eigenvalue weighted by molar-refractivity contribution is 5.42. The standard InChI is InChI=1S/C13H18FN3O2/c1-2-10-11(14)12(16-9-15-10)17-5-3-4-13(8-17)18-6-7-19-13/h9H,2-8H2,1H3. The summed E-state index contributed by atoms with van der Waals surface area (Å²) in [5, 5.41) is 0. The van der Waals surface area contributed by atoms with Crippen LogP contribution in [0.2, 0.25) is 0 Å². The molecule has 0 aromatic carbocycles. The molecular weight excluding hydrogens is 249 g/mol. The van der Waals surface area contributed by atoms with Crippen LogP contribution >= 0.6 is 0 Å². The summed E-state index contributed by atoms with van der Waals surface area (Å²) < 4.78 is 25.7. The van der Waals surface area contributed by atoms with Gasteiger partial charge >= 0.3 is 0 Å². The molecule has 5 nitrogen and oxygen atoms in total. The van der Waals surface area contributed by atoms with Crippen molar-refractivity contribution in [1.29, 1.82) is 0 Å². The Kier molecular flexibility index (Phi) is 3.36. The minimum Gasteiger partial charge on any atom is -0.349 e. The number of halogens is 1. The largest absolute Gasteiger partial charge is 0.349 e. The summed E-state index contributed by atoms with van der Waals surface area (Å²) in [6.45, 7) is 4.41. The van der Waals surface area contributed by atoms with E-state index in [1.807, 2.05) is 11.8 Å². The van der Waals surface area contributed by atoms with Gasteiger partial charge in [-0.2, -0.15) is 0 Å². The van der Waals surface area contributed by atoms with Gasteiger partial charge in [-0.05, 0) is 12.8 Å². The van der Waals surface area contributed by atoms with Crippen LogP contribution < -0.4 is 4.90 Å². The minimum absolute atomic E-state index is 0.319. The Morgan fingerprint density at radius 3 is 2.89 bits per heavy atom. The summed E-state index contributed by atoms with van der Waals surface area (Å²) in [4.78, 5) is 9.97. The Morgan fingerprint density at radius 2 is 2.16 bits per heavy atom. The molecule has 0 N–H and O–H groups in total. The SMILES string of the molecule is CCc1ncnc(N2CCCC3(C2)OCCO3)c1F. The van der Waals surface area contributed by atoms with Crippen LogP contribution in [-0.4, -0.2) is 42.1 Å². The van der Waals surface area contributed by atoms with Gasteiger partial charge in [0.05, 0.1) is 25.5 Å². The van der Waals surface area contributed by atoms with Gasteiger partial charge in [0.1, 0.15) is 6.33 Å². The number of piperidine rings is 1. The molecule has 0 aliphatic carbocycles. The second-order valence-corrected chi connectivity index (χ2v) is 4.94. The van der Waals surface area contributed by atoms with Crippen molar-refractivity contribution in [3.8, 4) is 0 Å². The highest BCUT2D eigenvalue weighted by Gasteiger charge is 2.41. The molecule has 0 atom stereocenters. The number of aryl methyl sites for hydroxylation is 1. The Hall–Kier alpha value is -1.27. The fourth-order valence-electron chi connectivity index (χ4n) is 2.76. The van der Waals surface area contributed by atoms with E-state index in [-0.39, 0.29) is 5.82 Å². The van der Waals surface area contributed by atoms with Gasteiger partial charge in [-0.1, -0.05) is 6.92 Å². The van der Waals surface area contributed by atoms with Crippen LogP contribution in [0.3, 0.4) is 0 Å². The van der Waals surface area contributed by atoms with Crippen LogP contribution in [0.5, 0.6) is 0 Å². The van der Waals surface area contributed by atoms with Gasteiger partial charge in [-0.15, -0.1) is 0 Å². The number of hydrogen-bond donors (Lipinski definition) is 0. The molecular formula is C13H18FN3O2. The molecule has 2 saturated heterocycles. The van der Waals surface area contributed by atoms with Crippen LogP contribution in [0.15, 0.2) is 6.33 Å². The summed E-state index contributed by atoms with van der Waals surface area (Å²) in [5.74, 6) is -0.521. The monoisotopic (exact) mass is 267 g/mol. The molecule has 1 aromatic rings. The quantitative estimate of drug-likeness (QED) is 0.813. The van der Waals surface area contributed by atoms with Crippen LogP contribution in [0.4, 0.5) is 10.2 Å².